The number of amides is 1. The molecule has 0 saturated carbocycles. The molecule has 1 amide bonds. The predicted octanol–water partition coefficient (Wildman–Crippen LogP) is 3.55. The van der Waals surface area contributed by atoms with Gasteiger partial charge in [-0.2, -0.15) is 0 Å². The van der Waals surface area contributed by atoms with Crippen LogP contribution in [0.25, 0.3) is 0 Å². The summed E-state index contributed by atoms with van der Waals surface area (Å²) in [5, 5.41) is 2.90. The second-order valence-corrected chi connectivity index (χ2v) is 5.48. The summed E-state index contributed by atoms with van der Waals surface area (Å²) < 4.78 is 5.43. The molecule has 0 aromatic heterocycles. The van der Waals surface area contributed by atoms with Crippen LogP contribution in [0.4, 0.5) is 5.69 Å². The van der Waals surface area contributed by atoms with Crippen molar-refractivity contribution in [3.05, 3.63) is 60.2 Å². The van der Waals surface area contributed by atoms with E-state index in [4.69, 9.17) is 4.74 Å². The van der Waals surface area contributed by atoms with Gasteiger partial charge in [-0.05, 0) is 43.8 Å². The molecule has 0 atom stereocenters. The minimum atomic E-state index is 0.0368. The van der Waals surface area contributed by atoms with Crippen molar-refractivity contribution in [2.45, 2.75) is 19.9 Å². The molecule has 2 aromatic carbocycles. The number of ether oxygens (including phenoxy) is 1. The Labute approximate surface area is 138 Å². The number of anilines is 1. The maximum absolute atomic E-state index is 11.9. The molecule has 0 aliphatic heterocycles. The number of benzene rings is 2. The van der Waals surface area contributed by atoms with E-state index in [1.54, 1.807) is 0 Å². The normalized spacial score (nSPS) is 10.6. The second-order valence-electron chi connectivity index (χ2n) is 5.48. The zero-order chi connectivity index (χ0) is 16.5. The first kappa shape index (κ1) is 17.0. The maximum Gasteiger partial charge on any atom is 0.225 e. The van der Waals surface area contributed by atoms with Crippen LogP contribution in [-0.4, -0.2) is 31.0 Å². The number of rotatable bonds is 8. The Morgan fingerprint density at radius 3 is 2.43 bits per heavy atom. The Morgan fingerprint density at radius 1 is 1.09 bits per heavy atom. The van der Waals surface area contributed by atoms with E-state index in [1.807, 2.05) is 56.4 Å². The van der Waals surface area contributed by atoms with Crippen LogP contribution in [0.2, 0.25) is 0 Å². The van der Waals surface area contributed by atoms with Gasteiger partial charge in [0.25, 0.3) is 0 Å². The largest absolute Gasteiger partial charge is 0.494 e. The maximum atomic E-state index is 11.9. The van der Waals surface area contributed by atoms with Gasteiger partial charge in [0.05, 0.1) is 6.61 Å². The Hall–Kier alpha value is -2.33. The molecule has 0 aliphatic carbocycles. The average Bonchev–Trinajstić information content (AvgIpc) is 2.56. The van der Waals surface area contributed by atoms with E-state index in [0.29, 0.717) is 19.6 Å². The molecule has 0 unspecified atom stereocenters. The number of nitrogens with zero attached hydrogens (tertiary/aromatic N) is 1. The van der Waals surface area contributed by atoms with E-state index in [2.05, 4.69) is 22.3 Å². The van der Waals surface area contributed by atoms with Crippen LogP contribution in [0, 0.1) is 0 Å². The van der Waals surface area contributed by atoms with Gasteiger partial charge in [0.2, 0.25) is 5.91 Å². The Kier molecular flexibility index (Phi) is 6.63. The minimum absolute atomic E-state index is 0.0368. The van der Waals surface area contributed by atoms with Gasteiger partial charge in [-0.15, -0.1) is 0 Å². The van der Waals surface area contributed by atoms with Gasteiger partial charge in [0.15, 0.2) is 0 Å². The van der Waals surface area contributed by atoms with Crippen molar-refractivity contribution >= 4 is 11.6 Å². The van der Waals surface area contributed by atoms with Crippen LogP contribution in [0.15, 0.2) is 54.6 Å². The SMILES string of the molecule is CCOc1ccc(CN(C)CCC(=O)Nc2ccccc2)cc1. The molecule has 4 heteroatoms. The van der Waals surface area contributed by atoms with E-state index in [1.165, 1.54) is 5.56 Å². The molecule has 4 nitrogen and oxygen atoms in total. The molecular formula is C19H24N2O2. The number of hydrogen-bond donors (Lipinski definition) is 1. The summed E-state index contributed by atoms with van der Waals surface area (Å²) in [5.74, 6) is 0.927. The summed E-state index contributed by atoms with van der Waals surface area (Å²) in [7, 11) is 2.02. The van der Waals surface area contributed by atoms with Gasteiger partial charge in [-0.3, -0.25) is 4.79 Å². The van der Waals surface area contributed by atoms with Crippen molar-refractivity contribution in [1.29, 1.82) is 0 Å². The van der Waals surface area contributed by atoms with Crippen LogP contribution in [0.1, 0.15) is 18.9 Å². The summed E-state index contributed by atoms with van der Waals surface area (Å²) in [6.45, 7) is 4.18. The molecule has 2 rings (SSSR count). The smallest absolute Gasteiger partial charge is 0.225 e. The molecule has 0 heterocycles. The molecular weight excluding hydrogens is 288 g/mol. The lowest BCUT2D eigenvalue weighted by molar-refractivity contribution is -0.116. The third-order valence-electron chi connectivity index (χ3n) is 3.46. The van der Waals surface area contributed by atoms with Crippen LogP contribution in [-0.2, 0) is 11.3 Å². The van der Waals surface area contributed by atoms with Crippen molar-refractivity contribution in [3.8, 4) is 5.75 Å². The molecule has 0 bridgehead atoms. The third-order valence-corrected chi connectivity index (χ3v) is 3.46. The minimum Gasteiger partial charge on any atom is -0.494 e. The van der Waals surface area contributed by atoms with Gasteiger partial charge in [0.1, 0.15) is 5.75 Å². The van der Waals surface area contributed by atoms with E-state index in [-0.39, 0.29) is 5.91 Å². The number of carbonyl (C=O) groups is 1. The monoisotopic (exact) mass is 312 g/mol. The molecule has 0 spiro atoms. The van der Waals surface area contributed by atoms with Crippen LogP contribution in [0.3, 0.4) is 0 Å². The lowest BCUT2D eigenvalue weighted by Crippen LogP contribution is -2.24. The van der Waals surface area contributed by atoms with Crippen molar-refractivity contribution in [1.82, 2.24) is 4.90 Å². The van der Waals surface area contributed by atoms with Crippen molar-refractivity contribution in [2.24, 2.45) is 0 Å². The fourth-order valence-electron chi connectivity index (χ4n) is 2.29. The molecule has 0 radical (unpaired) electrons. The molecule has 0 aliphatic rings. The highest BCUT2D eigenvalue weighted by Crippen LogP contribution is 2.13. The van der Waals surface area contributed by atoms with Crippen LogP contribution < -0.4 is 10.1 Å². The summed E-state index contributed by atoms with van der Waals surface area (Å²) in [5.41, 5.74) is 2.05. The molecule has 23 heavy (non-hydrogen) atoms. The Morgan fingerprint density at radius 2 is 1.78 bits per heavy atom. The first-order valence-electron chi connectivity index (χ1n) is 7.92. The molecule has 1 N–H and O–H groups in total. The van der Waals surface area contributed by atoms with Gasteiger partial charge in [-0.1, -0.05) is 30.3 Å². The molecule has 2 aromatic rings. The fraction of sp³-hybridized carbons (Fsp3) is 0.316. The number of hydrogen-bond acceptors (Lipinski definition) is 3. The molecule has 122 valence electrons. The van der Waals surface area contributed by atoms with E-state index in [0.717, 1.165) is 18.0 Å². The highest BCUT2D eigenvalue weighted by Gasteiger charge is 2.06. The molecule has 0 saturated heterocycles. The standard InChI is InChI=1S/C19H24N2O2/c1-3-23-18-11-9-16(10-12-18)15-21(2)14-13-19(22)20-17-7-5-4-6-8-17/h4-12H,3,13-15H2,1-2H3,(H,20,22). The van der Waals surface area contributed by atoms with E-state index < -0.39 is 0 Å². The van der Waals surface area contributed by atoms with Gasteiger partial charge in [0, 0.05) is 25.2 Å². The summed E-state index contributed by atoms with van der Waals surface area (Å²) in [6.07, 6.45) is 0.475. The fourth-order valence-corrected chi connectivity index (χ4v) is 2.29. The first-order valence-corrected chi connectivity index (χ1v) is 7.92. The highest BCUT2D eigenvalue weighted by molar-refractivity contribution is 5.90. The van der Waals surface area contributed by atoms with Gasteiger partial charge >= 0.3 is 0 Å². The van der Waals surface area contributed by atoms with Crippen molar-refractivity contribution in [2.75, 3.05) is 25.5 Å². The Balaban J connectivity index is 1.74. The summed E-state index contributed by atoms with van der Waals surface area (Å²) >= 11 is 0. The topological polar surface area (TPSA) is 41.6 Å². The van der Waals surface area contributed by atoms with Gasteiger partial charge < -0.3 is 15.0 Å². The van der Waals surface area contributed by atoms with Gasteiger partial charge in [-0.25, -0.2) is 0 Å². The molecule has 0 fully saturated rings. The first-order chi connectivity index (χ1) is 11.2. The third kappa shape index (κ3) is 6.12. The van der Waals surface area contributed by atoms with E-state index in [9.17, 15) is 4.79 Å². The number of carbonyl (C=O) groups excluding carboxylic acids is 1. The summed E-state index contributed by atoms with van der Waals surface area (Å²) in [4.78, 5) is 14.1. The predicted molar refractivity (Wildman–Crippen MR) is 93.6 cm³/mol. The van der Waals surface area contributed by atoms with Crippen molar-refractivity contribution < 1.29 is 9.53 Å². The van der Waals surface area contributed by atoms with Crippen LogP contribution in [0.5, 0.6) is 5.75 Å². The number of nitrogens with one attached hydrogen (secondary N) is 1. The Bertz CT molecular complexity index is 597. The number of para-hydroxylation sites is 1. The van der Waals surface area contributed by atoms with Crippen molar-refractivity contribution in [3.63, 3.8) is 0 Å². The summed E-state index contributed by atoms with van der Waals surface area (Å²) in [6, 6.07) is 17.6. The lowest BCUT2D eigenvalue weighted by atomic mass is 10.2. The van der Waals surface area contributed by atoms with E-state index >= 15 is 0 Å². The zero-order valence-corrected chi connectivity index (χ0v) is 13.8. The highest BCUT2D eigenvalue weighted by atomic mass is 16.5. The van der Waals surface area contributed by atoms with Crippen LogP contribution >= 0.6 is 0 Å². The average molecular weight is 312 g/mol. The second kappa shape index (κ2) is 8.96. The lowest BCUT2D eigenvalue weighted by Gasteiger charge is -2.16. The zero-order valence-electron chi connectivity index (χ0n) is 13.8. The quantitative estimate of drug-likeness (QED) is 0.810.